The van der Waals surface area contributed by atoms with Crippen LogP contribution in [0.1, 0.15) is 24.5 Å². The van der Waals surface area contributed by atoms with Gasteiger partial charge < -0.3 is 14.8 Å². The van der Waals surface area contributed by atoms with E-state index >= 15 is 0 Å². The Kier molecular flexibility index (Phi) is 5.35. The number of hydrogen-bond donors (Lipinski definition) is 1. The first-order valence-electron chi connectivity index (χ1n) is 8.86. The first kappa shape index (κ1) is 18.8. The molecule has 3 amide bonds. The summed E-state index contributed by atoms with van der Waals surface area (Å²) < 4.78 is 10.5. The molecule has 1 aliphatic heterocycles. The number of ether oxygens (including phenoxy) is 2. The van der Waals surface area contributed by atoms with E-state index in [0.29, 0.717) is 18.6 Å². The van der Waals surface area contributed by atoms with Crippen LogP contribution in [0.5, 0.6) is 11.5 Å². The van der Waals surface area contributed by atoms with Gasteiger partial charge in [-0.2, -0.15) is 0 Å². The Bertz CT molecular complexity index is 834. The quantitative estimate of drug-likeness (QED) is 0.763. The topological polar surface area (TPSA) is 67.9 Å². The van der Waals surface area contributed by atoms with Gasteiger partial charge in [-0.05, 0) is 43.5 Å². The molecule has 0 radical (unpaired) electrons. The molecule has 0 spiro atoms. The lowest BCUT2D eigenvalue weighted by molar-refractivity contribution is -0.131. The monoisotopic (exact) mass is 368 g/mol. The molecule has 27 heavy (non-hydrogen) atoms. The van der Waals surface area contributed by atoms with Crippen LogP contribution in [-0.2, 0) is 17.8 Å². The van der Waals surface area contributed by atoms with Crippen molar-refractivity contribution < 1.29 is 19.1 Å². The van der Waals surface area contributed by atoms with Gasteiger partial charge >= 0.3 is 6.03 Å². The Balaban J connectivity index is 1.70. The van der Waals surface area contributed by atoms with Crippen molar-refractivity contribution >= 4 is 11.9 Å². The van der Waals surface area contributed by atoms with E-state index in [2.05, 4.69) is 5.32 Å². The Morgan fingerprint density at radius 3 is 2.37 bits per heavy atom. The molecule has 1 aliphatic rings. The molecule has 2 aromatic rings. The van der Waals surface area contributed by atoms with Gasteiger partial charge in [0, 0.05) is 5.56 Å². The van der Waals surface area contributed by atoms with Gasteiger partial charge in [-0.1, -0.05) is 30.3 Å². The number of methoxy groups -OCH3 is 2. The van der Waals surface area contributed by atoms with Gasteiger partial charge in [-0.25, -0.2) is 4.79 Å². The molecule has 1 saturated heterocycles. The minimum atomic E-state index is -0.918. The van der Waals surface area contributed by atoms with E-state index < -0.39 is 5.54 Å². The lowest BCUT2D eigenvalue weighted by Gasteiger charge is -2.22. The molecule has 6 nitrogen and oxygen atoms in total. The molecule has 142 valence electrons. The van der Waals surface area contributed by atoms with Crippen molar-refractivity contribution in [2.45, 2.75) is 31.8 Å². The fraction of sp³-hybridized carbons (Fsp3) is 0.333. The number of aryl methyl sites for hydroxylation is 1. The fourth-order valence-corrected chi connectivity index (χ4v) is 3.25. The summed E-state index contributed by atoms with van der Waals surface area (Å²) in [6.45, 7) is 1.96. The number of imide groups is 1. The van der Waals surface area contributed by atoms with Crippen LogP contribution in [0.25, 0.3) is 0 Å². The maximum Gasteiger partial charge on any atom is 0.325 e. The van der Waals surface area contributed by atoms with E-state index in [4.69, 9.17) is 9.47 Å². The van der Waals surface area contributed by atoms with Crippen molar-refractivity contribution in [2.24, 2.45) is 0 Å². The molecule has 0 unspecified atom stereocenters. The average molecular weight is 368 g/mol. The van der Waals surface area contributed by atoms with Crippen molar-refractivity contribution in [1.82, 2.24) is 10.2 Å². The highest BCUT2D eigenvalue weighted by molar-refractivity contribution is 6.06. The van der Waals surface area contributed by atoms with Crippen LogP contribution < -0.4 is 14.8 Å². The summed E-state index contributed by atoms with van der Waals surface area (Å²) in [6, 6.07) is 14.7. The maximum atomic E-state index is 12.9. The molecule has 3 rings (SSSR count). The number of para-hydroxylation sites is 1. The highest BCUT2D eigenvalue weighted by Gasteiger charge is 2.47. The molecule has 0 bridgehead atoms. The lowest BCUT2D eigenvalue weighted by Crippen LogP contribution is -2.44. The molecule has 1 fully saturated rings. The van der Waals surface area contributed by atoms with Gasteiger partial charge in [0.2, 0.25) is 0 Å². The van der Waals surface area contributed by atoms with Gasteiger partial charge in [-0.3, -0.25) is 9.69 Å². The number of benzene rings is 2. The van der Waals surface area contributed by atoms with Gasteiger partial charge in [0.15, 0.2) is 0 Å². The molecular formula is C21H24N2O4. The van der Waals surface area contributed by atoms with E-state index in [9.17, 15) is 9.59 Å². The van der Waals surface area contributed by atoms with E-state index in [1.165, 1.54) is 4.90 Å². The Labute approximate surface area is 159 Å². The predicted molar refractivity (Wildman–Crippen MR) is 102 cm³/mol. The third-order valence-corrected chi connectivity index (χ3v) is 4.94. The van der Waals surface area contributed by atoms with Crippen molar-refractivity contribution in [3.8, 4) is 11.5 Å². The van der Waals surface area contributed by atoms with Crippen LogP contribution in [0.2, 0.25) is 0 Å². The van der Waals surface area contributed by atoms with Crippen molar-refractivity contribution in [1.29, 1.82) is 0 Å². The van der Waals surface area contributed by atoms with Crippen LogP contribution in [0.15, 0.2) is 48.5 Å². The van der Waals surface area contributed by atoms with Crippen LogP contribution in [0.3, 0.4) is 0 Å². The third-order valence-electron chi connectivity index (χ3n) is 4.94. The Morgan fingerprint density at radius 2 is 1.70 bits per heavy atom. The first-order chi connectivity index (χ1) is 13.0. The lowest BCUT2D eigenvalue weighted by atomic mass is 9.93. The number of urea groups is 1. The van der Waals surface area contributed by atoms with Gasteiger partial charge in [0.1, 0.15) is 17.0 Å². The molecule has 6 heteroatoms. The summed E-state index contributed by atoms with van der Waals surface area (Å²) in [5, 5.41) is 2.85. The van der Waals surface area contributed by atoms with Gasteiger partial charge in [0.05, 0.1) is 20.8 Å². The normalized spacial score (nSPS) is 19.1. The SMILES string of the molecule is COc1ccc(CC[C@@]2(C)NC(=O)N(Cc3ccccc3OC)C2=O)cc1. The molecule has 1 N–H and O–H groups in total. The van der Waals surface area contributed by atoms with Crippen LogP contribution >= 0.6 is 0 Å². The van der Waals surface area contributed by atoms with Gasteiger partial charge in [-0.15, -0.1) is 0 Å². The molecule has 0 aliphatic carbocycles. The Hall–Kier alpha value is -3.02. The van der Waals surface area contributed by atoms with E-state index in [-0.39, 0.29) is 18.5 Å². The third kappa shape index (κ3) is 3.89. The number of carbonyl (C=O) groups is 2. The number of carbonyl (C=O) groups excluding carboxylic acids is 2. The van der Waals surface area contributed by atoms with Crippen molar-refractivity contribution in [2.75, 3.05) is 14.2 Å². The minimum Gasteiger partial charge on any atom is -0.497 e. The zero-order valence-electron chi connectivity index (χ0n) is 15.8. The summed E-state index contributed by atoms with van der Waals surface area (Å²) in [5.41, 5.74) is 0.962. The largest absolute Gasteiger partial charge is 0.497 e. The van der Waals surface area contributed by atoms with E-state index in [0.717, 1.165) is 16.9 Å². The highest BCUT2D eigenvalue weighted by atomic mass is 16.5. The number of nitrogens with one attached hydrogen (secondary N) is 1. The number of rotatable bonds is 7. The molecule has 1 atom stereocenters. The molecule has 2 aromatic carbocycles. The summed E-state index contributed by atoms with van der Waals surface area (Å²) in [5.74, 6) is 1.23. The first-order valence-corrected chi connectivity index (χ1v) is 8.86. The molecule has 0 aromatic heterocycles. The second-order valence-corrected chi connectivity index (χ2v) is 6.81. The summed E-state index contributed by atoms with van der Waals surface area (Å²) >= 11 is 0. The fourth-order valence-electron chi connectivity index (χ4n) is 3.25. The minimum absolute atomic E-state index is 0.187. The smallest absolute Gasteiger partial charge is 0.325 e. The summed E-state index contributed by atoms with van der Waals surface area (Å²) in [6.07, 6.45) is 1.20. The number of hydrogen-bond acceptors (Lipinski definition) is 4. The Morgan fingerprint density at radius 1 is 1.00 bits per heavy atom. The van der Waals surface area contributed by atoms with Crippen LogP contribution in [-0.4, -0.2) is 36.6 Å². The second kappa shape index (κ2) is 7.70. The second-order valence-electron chi connectivity index (χ2n) is 6.81. The van der Waals surface area contributed by atoms with E-state index in [1.54, 1.807) is 21.1 Å². The van der Waals surface area contributed by atoms with E-state index in [1.807, 2.05) is 48.5 Å². The predicted octanol–water partition coefficient (Wildman–Crippen LogP) is 3.15. The standard InChI is InChI=1S/C21H24N2O4/c1-21(13-12-15-8-10-17(26-2)11-9-15)19(24)23(20(25)22-21)14-16-6-4-5-7-18(16)27-3/h4-11H,12-14H2,1-3H3,(H,22,25)/t21-/m1/s1. The summed E-state index contributed by atoms with van der Waals surface area (Å²) in [7, 11) is 3.20. The number of nitrogens with zero attached hydrogens (tertiary/aromatic N) is 1. The van der Waals surface area contributed by atoms with Crippen LogP contribution in [0.4, 0.5) is 4.79 Å². The van der Waals surface area contributed by atoms with Crippen molar-refractivity contribution in [3.63, 3.8) is 0 Å². The van der Waals surface area contributed by atoms with Crippen LogP contribution in [0, 0.1) is 0 Å². The maximum absolute atomic E-state index is 12.9. The molecule has 0 saturated carbocycles. The summed E-state index contributed by atoms with van der Waals surface area (Å²) in [4.78, 5) is 26.6. The molecular weight excluding hydrogens is 344 g/mol. The average Bonchev–Trinajstić information content (AvgIpc) is 2.90. The van der Waals surface area contributed by atoms with Crippen molar-refractivity contribution in [3.05, 3.63) is 59.7 Å². The van der Waals surface area contributed by atoms with Gasteiger partial charge in [0.25, 0.3) is 5.91 Å². The number of amides is 3. The zero-order chi connectivity index (χ0) is 19.4. The highest BCUT2D eigenvalue weighted by Crippen LogP contribution is 2.27. The zero-order valence-corrected chi connectivity index (χ0v) is 15.8. The molecule has 1 heterocycles.